The molecule has 2 heterocycles. The molecule has 4 rings (SSSR count). The van der Waals surface area contributed by atoms with Crippen LogP contribution in [0.15, 0.2) is 21.1 Å². The first-order valence-electron chi connectivity index (χ1n) is 25.9. The molecule has 2 aromatic carbocycles. The fraction of sp³-hybridized carbons (Fsp3) is 0.741. The number of imide groups is 2. The highest BCUT2D eigenvalue weighted by Gasteiger charge is 2.43. The molecule has 0 spiro atoms. The molecule has 2 aliphatic rings. The molecule has 0 unspecified atom stereocenters. The lowest BCUT2D eigenvalue weighted by Crippen LogP contribution is -2.46. The first-order chi connectivity index (χ1) is 30.2. The van der Waals surface area contributed by atoms with Crippen molar-refractivity contribution in [3.63, 3.8) is 0 Å². The minimum absolute atomic E-state index is 0.234. The molecule has 0 aromatic heterocycles. The van der Waals surface area contributed by atoms with Gasteiger partial charge in [-0.15, -0.1) is 0 Å². The van der Waals surface area contributed by atoms with E-state index in [1.807, 2.05) is 0 Å². The quantitative estimate of drug-likeness (QED) is 0.0504. The fourth-order valence-electron chi connectivity index (χ4n) is 10.1. The maximum absolute atomic E-state index is 14.6. The van der Waals surface area contributed by atoms with Crippen LogP contribution in [0.25, 0.3) is 10.8 Å². The van der Waals surface area contributed by atoms with Crippen molar-refractivity contribution < 1.29 is 19.2 Å². The van der Waals surface area contributed by atoms with Crippen LogP contribution in [0.5, 0.6) is 0 Å². The van der Waals surface area contributed by atoms with Crippen molar-refractivity contribution in [2.75, 3.05) is 13.1 Å². The molecule has 4 amide bonds. The molecule has 8 heteroatoms. The van der Waals surface area contributed by atoms with E-state index >= 15 is 0 Å². The minimum atomic E-state index is -0.329. The number of carbonyl (C=O) groups is 4. The maximum Gasteiger partial charge on any atom is 0.262 e. The molecule has 0 saturated heterocycles. The van der Waals surface area contributed by atoms with Gasteiger partial charge in [-0.05, 0) is 81.5 Å². The molecular weight excluding hydrogens is 900 g/mol. The molecule has 0 aliphatic carbocycles. The predicted molar refractivity (Wildman–Crippen MR) is 268 cm³/mol. The van der Waals surface area contributed by atoms with Crippen LogP contribution in [0, 0.1) is 11.8 Å². The summed E-state index contributed by atoms with van der Waals surface area (Å²) in [5.41, 5.74) is 1.56. The predicted octanol–water partition coefficient (Wildman–Crippen LogP) is 17.4. The normalized spacial score (nSPS) is 14.8. The van der Waals surface area contributed by atoms with Crippen LogP contribution in [0.3, 0.4) is 0 Å². The molecule has 348 valence electrons. The Balaban J connectivity index is 1.53. The van der Waals surface area contributed by atoms with Crippen molar-refractivity contribution in [2.45, 2.75) is 233 Å². The molecule has 2 aliphatic heterocycles. The summed E-state index contributed by atoms with van der Waals surface area (Å²) in [4.78, 5) is 61.2. The first kappa shape index (κ1) is 52.6. The SMILES string of the molecule is CCCCCCCCCC[C@H](CCCCCCCC)CN1C(=O)c2cc(Br)c3c4c(cc(Br)c(c24)C1=O)C(=O)N(C[C@@H](CCCCCCCC)CCCCCCCCCC)C3=O. The van der Waals surface area contributed by atoms with E-state index in [4.69, 9.17) is 0 Å². The Morgan fingerprint density at radius 3 is 0.871 bits per heavy atom. The number of rotatable bonds is 36. The Bertz CT molecular complexity index is 1580. The van der Waals surface area contributed by atoms with Crippen LogP contribution in [0.1, 0.15) is 275 Å². The lowest BCUT2D eigenvalue weighted by atomic mass is 9.84. The van der Waals surface area contributed by atoms with Gasteiger partial charge in [0.05, 0.1) is 11.1 Å². The van der Waals surface area contributed by atoms with Gasteiger partial charge in [-0.3, -0.25) is 29.0 Å². The second kappa shape index (κ2) is 29.5. The van der Waals surface area contributed by atoms with Crippen molar-refractivity contribution in [1.29, 1.82) is 0 Å². The van der Waals surface area contributed by atoms with Gasteiger partial charge in [-0.25, -0.2) is 0 Å². The summed E-state index contributed by atoms with van der Waals surface area (Å²) in [6.45, 7) is 9.78. The first-order valence-corrected chi connectivity index (χ1v) is 27.5. The number of amides is 4. The second-order valence-electron chi connectivity index (χ2n) is 19.1. The largest absolute Gasteiger partial charge is 0.274 e. The maximum atomic E-state index is 14.6. The third-order valence-electron chi connectivity index (χ3n) is 13.9. The molecule has 6 nitrogen and oxygen atoms in total. The van der Waals surface area contributed by atoms with Crippen molar-refractivity contribution in [3.05, 3.63) is 43.3 Å². The standard InChI is InChI=1S/C54H84Br2N2O4/c1-5-9-13-17-21-23-27-31-35-41(33-29-25-19-15-11-7-3)39-57-51(59)43-37-46(56)50-48-44(38-45(55)49(47(43)48)53(57)61)52(60)58(54(50)62)40-42(34-30-26-20-16-12-8-4)36-32-28-24-22-18-14-10-6-2/h37-38,41-42H,5-36,39-40H2,1-4H3/t41-,42-/m0/s1. The third kappa shape index (κ3) is 15.5. The zero-order chi connectivity index (χ0) is 44.7. The van der Waals surface area contributed by atoms with Crippen LogP contribution in [0.4, 0.5) is 0 Å². The molecule has 2 aromatic rings. The Labute approximate surface area is 394 Å². The highest BCUT2D eigenvalue weighted by molar-refractivity contribution is 9.10. The number of hydrogen-bond acceptors (Lipinski definition) is 4. The van der Waals surface area contributed by atoms with E-state index in [0.717, 1.165) is 51.4 Å². The minimum Gasteiger partial charge on any atom is -0.274 e. The van der Waals surface area contributed by atoms with Gasteiger partial charge in [0, 0.05) is 43.9 Å². The van der Waals surface area contributed by atoms with Gasteiger partial charge in [0.25, 0.3) is 23.6 Å². The zero-order valence-electron chi connectivity index (χ0n) is 39.6. The van der Waals surface area contributed by atoms with Gasteiger partial charge < -0.3 is 0 Å². The molecule has 0 radical (unpaired) electrons. The van der Waals surface area contributed by atoms with Crippen LogP contribution >= 0.6 is 31.9 Å². The van der Waals surface area contributed by atoms with Crippen LogP contribution in [-0.2, 0) is 0 Å². The van der Waals surface area contributed by atoms with E-state index < -0.39 is 0 Å². The summed E-state index contributed by atoms with van der Waals surface area (Å²) in [5, 5.41) is 0.886. The highest BCUT2D eigenvalue weighted by atomic mass is 79.9. The van der Waals surface area contributed by atoms with Crippen molar-refractivity contribution in [2.24, 2.45) is 11.8 Å². The van der Waals surface area contributed by atoms with E-state index in [-0.39, 0.29) is 35.5 Å². The summed E-state index contributed by atoms with van der Waals surface area (Å²) in [5.74, 6) is -0.839. The number of hydrogen-bond donors (Lipinski definition) is 0. The van der Waals surface area contributed by atoms with E-state index in [1.165, 1.54) is 164 Å². The monoisotopic (exact) mass is 982 g/mol. The van der Waals surface area contributed by atoms with Crippen molar-refractivity contribution in [1.82, 2.24) is 9.80 Å². The molecule has 2 atom stereocenters. The molecule has 0 N–H and O–H groups in total. The average molecular weight is 985 g/mol. The van der Waals surface area contributed by atoms with Gasteiger partial charge in [0.2, 0.25) is 0 Å². The van der Waals surface area contributed by atoms with Gasteiger partial charge in [0.15, 0.2) is 0 Å². The molecule has 0 saturated carbocycles. The summed E-state index contributed by atoms with van der Waals surface area (Å²) in [6, 6.07) is 3.50. The number of benzene rings is 2. The fourth-order valence-corrected chi connectivity index (χ4v) is 11.3. The van der Waals surface area contributed by atoms with E-state index in [0.29, 0.717) is 55.1 Å². The highest BCUT2D eigenvalue weighted by Crippen LogP contribution is 2.44. The molecule has 62 heavy (non-hydrogen) atoms. The van der Waals surface area contributed by atoms with E-state index in [2.05, 4.69) is 59.6 Å². The zero-order valence-corrected chi connectivity index (χ0v) is 42.8. The Morgan fingerprint density at radius 2 is 0.613 bits per heavy atom. The molecular formula is C54H84Br2N2O4. The summed E-state index contributed by atoms with van der Waals surface area (Å²) < 4.78 is 1.02. The van der Waals surface area contributed by atoms with Crippen LogP contribution in [-0.4, -0.2) is 46.5 Å². The Morgan fingerprint density at radius 1 is 0.371 bits per heavy atom. The van der Waals surface area contributed by atoms with Crippen molar-refractivity contribution >= 4 is 66.3 Å². The lowest BCUT2D eigenvalue weighted by molar-refractivity contribution is 0.0555. The summed E-state index contributed by atoms with van der Waals surface area (Å²) >= 11 is 7.46. The van der Waals surface area contributed by atoms with Crippen LogP contribution < -0.4 is 0 Å². The Hall–Kier alpha value is -2.06. The number of unbranched alkanes of at least 4 members (excludes halogenated alkanes) is 24. The second-order valence-corrected chi connectivity index (χ2v) is 20.8. The van der Waals surface area contributed by atoms with Crippen LogP contribution in [0.2, 0.25) is 0 Å². The van der Waals surface area contributed by atoms with Gasteiger partial charge >= 0.3 is 0 Å². The number of carbonyl (C=O) groups excluding carboxylic acids is 4. The number of nitrogens with zero attached hydrogens (tertiary/aromatic N) is 2. The number of halogens is 2. The van der Waals surface area contributed by atoms with Gasteiger partial charge in [-0.1, -0.05) is 207 Å². The third-order valence-corrected chi connectivity index (χ3v) is 15.2. The topological polar surface area (TPSA) is 74.8 Å². The average Bonchev–Trinajstić information content (AvgIpc) is 3.26. The molecule has 0 fully saturated rings. The lowest BCUT2D eigenvalue weighted by Gasteiger charge is -2.35. The summed E-state index contributed by atoms with van der Waals surface area (Å²) in [7, 11) is 0. The van der Waals surface area contributed by atoms with E-state index in [1.54, 1.807) is 12.1 Å². The van der Waals surface area contributed by atoms with Gasteiger partial charge in [0.1, 0.15) is 0 Å². The summed E-state index contributed by atoms with van der Waals surface area (Å²) in [6.07, 6.45) is 38.6. The smallest absolute Gasteiger partial charge is 0.262 e. The van der Waals surface area contributed by atoms with E-state index in [9.17, 15) is 19.2 Å². The van der Waals surface area contributed by atoms with Crippen molar-refractivity contribution in [3.8, 4) is 0 Å². The Kier molecular flexibility index (Phi) is 25.0. The molecule has 0 bridgehead atoms. The van der Waals surface area contributed by atoms with Gasteiger partial charge in [-0.2, -0.15) is 0 Å².